The van der Waals surface area contributed by atoms with Gasteiger partial charge >= 0.3 is 0 Å². The van der Waals surface area contributed by atoms with Gasteiger partial charge in [0.25, 0.3) is 0 Å². The van der Waals surface area contributed by atoms with Crippen LogP contribution in [0.15, 0.2) is 36.7 Å². The number of phenols is 1. The summed E-state index contributed by atoms with van der Waals surface area (Å²) in [5, 5.41) is 19.4. The number of anilines is 1. The first kappa shape index (κ1) is 24.3. The van der Waals surface area contributed by atoms with E-state index >= 15 is 4.39 Å². The lowest BCUT2D eigenvalue weighted by atomic mass is 9.94. The van der Waals surface area contributed by atoms with Crippen molar-refractivity contribution >= 4 is 5.82 Å². The molecule has 2 aliphatic carbocycles. The van der Waals surface area contributed by atoms with E-state index in [-0.39, 0.29) is 35.1 Å². The Morgan fingerprint density at radius 1 is 1.06 bits per heavy atom. The highest BCUT2D eigenvalue weighted by atomic mass is 19.1. The van der Waals surface area contributed by atoms with E-state index in [0.717, 1.165) is 44.7 Å². The Balaban J connectivity index is 1.41. The van der Waals surface area contributed by atoms with E-state index in [9.17, 15) is 9.50 Å². The molecule has 190 valence electrons. The summed E-state index contributed by atoms with van der Waals surface area (Å²) in [7, 11) is 1.45. The first-order valence-corrected chi connectivity index (χ1v) is 12.6. The third-order valence-corrected chi connectivity index (χ3v) is 7.36. The Morgan fingerprint density at radius 2 is 1.89 bits per heavy atom. The van der Waals surface area contributed by atoms with E-state index in [1.165, 1.54) is 19.2 Å². The van der Waals surface area contributed by atoms with Gasteiger partial charge in [-0.25, -0.2) is 18.7 Å². The molecule has 5 rings (SSSR count). The highest BCUT2D eigenvalue weighted by Gasteiger charge is 2.40. The molecule has 0 unspecified atom stereocenters. The molecule has 0 bridgehead atoms. The monoisotopic (exact) mass is 495 g/mol. The van der Waals surface area contributed by atoms with Gasteiger partial charge in [0.05, 0.1) is 31.1 Å². The van der Waals surface area contributed by atoms with Crippen LogP contribution in [0.3, 0.4) is 0 Å². The third-order valence-electron chi connectivity index (χ3n) is 7.36. The SMILES string of the molecule is CC[C@@H]1CCC[C@H](F)[C@H](N(c2cnc(-c3ccc(-c4cc(OC)ncc4F)cc3O)nn2)C2CC2)C1. The number of benzene rings is 1. The Morgan fingerprint density at radius 3 is 2.56 bits per heavy atom. The van der Waals surface area contributed by atoms with E-state index < -0.39 is 12.0 Å². The second-order valence-corrected chi connectivity index (χ2v) is 9.74. The second-order valence-electron chi connectivity index (χ2n) is 9.74. The van der Waals surface area contributed by atoms with E-state index in [0.29, 0.717) is 29.3 Å². The van der Waals surface area contributed by atoms with Crippen LogP contribution in [-0.2, 0) is 0 Å². The minimum Gasteiger partial charge on any atom is -0.507 e. The molecule has 2 aliphatic rings. The van der Waals surface area contributed by atoms with Crippen LogP contribution in [0.2, 0.25) is 0 Å². The molecule has 0 amide bonds. The molecule has 2 heterocycles. The zero-order valence-electron chi connectivity index (χ0n) is 20.6. The summed E-state index contributed by atoms with van der Waals surface area (Å²) in [6, 6.07) is 6.27. The molecule has 0 aliphatic heterocycles. The van der Waals surface area contributed by atoms with Crippen molar-refractivity contribution in [3.63, 3.8) is 0 Å². The number of methoxy groups -OCH3 is 1. The lowest BCUT2D eigenvalue weighted by Crippen LogP contribution is -2.44. The lowest BCUT2D eigenvalue weighted by molar-refractivity contribution is 0.247. The van der Waals surface area contributed by atoms with Crippen molar-refractivity contribution in [2.75, 3.05) is 12.0 Å². The molecule has 36 heavy (non-hydrogen) atoms. The van der Waals surface area contributed by atoms with Gasteiger partial charge in [-0.3, -0.25) is 0 Å². The van der Waals surface area contributed by atoms with Crippen LogP contribution in [0.1, 0.15) is 51.9 Å². The molecule has 3 atom stereocenters. The zero-order chi connectivity index (χ0) is 25.2. The number of phenolic OH excluding ortho intramolecular Hbond substituents is 1. The fraction of sp³-hybridized carbons (Fsp3) is 0.481. The number of halogens is 2. The Bertz CT molecular complexity index is 1210. The minimum atomic E-state index is -0.896. The molecule has 7 nitrogen and oxygen atoms in total. The van der Waals surface area contributed by atoms with Crippen LogP contribution >= 0.6 is 0 Å². The number of rotatable bonds is 7. The van der Waals surface area contributed by atoms with Gasteiger partial charge in [-0.05, 0) is 49.3 Å². The standard InChI is InChI=1S/C27H31F2N5O2/c1-3-16-5-4-6-21(28)23(11-16)34(18-8-9-18)25-15-31-27(33-32-25)19-10-7-17(12-24(19)35)20-13-26(36-2)30-14-22(20)29/h7,10,12-16,18,21,23,35H,3-6,8-9,11H2,1-2H3/t16-,21+,23-/m1/s1. The summed E-state index contributed by atoms with van der Waals surface area (Å²) in [5.41, 5.74) is 1.10. The fourth-order valence-corrected chi connectivity index (χ4v) is 5.19. The average molecular weight is 496 g/mol. The van der Waals surface area contributed by atoms with Crippen molar-refractivity contribution in [3.8, 4) is 34.1 Å². The summed E-state index contributed by atoms with van der Waals surface area (Å²) < 4.78 is 34.6. The zero-order valence-corrected chi connectivity index (χ0v) is 20.6. The summed E-state index contributed by atoms with van der Waals surface area (Å²) in [5.74, 6) is 0.976. The first-order chi connectivity index (χ1) is 17.5. The molecule has 2 fully saturated rings. The Kier molecular flexibility index (Phi) is 6.98. The van der Waals surface area contributed by atoms with Crippen LogP contribution in [-0.4, -0.2) is 50.6 Å². The second kappa shape index (κ2) is 10.3. The Hall–Kier alpha value is -3.36. The van der Waals surface area contributed by atoms with Crippen molar-refractivity contribution in [3.05, 3.63) is 42.5 Å². The summed E-state index contributed by atoms with van der Waals surface area (Å²) in [6.07, 6.45) is 8.27. The maximum atomic E-state index is 15.2. The molecule has 1 aromatic carbocycles. The Labute approximate surface area is 209 Å². The number of alkyl halides is 1. The van der Waals surface area contributed by atoms with Crippen LogP contribution in [0.5, 0.6) is 11.6 Å². The maximum absolute atomic E-state index is 15.2. The van der Waals surface area contributed by atoms with Crippen LogP contribution in [0.4, 0.5) is 14.6 Å². The molecule has 1 N–H and O–H groups in total. The molecule has 0 radical (unpaired) electrons. The van der Waals surface area contributed by atoms with Gasteiger partial charge in [0.1, 0.15) is 17.7 Å². The van der Waals surface area contributed by atoms with Crippen LogP contribution in [0, 0.1) is 11.7 Å². The van der Waals surface area contributed by atoms with Crippen molar-refractivity contribution in [1.29, 1.82) is 0 Å². The number of aromatic hydroxyl groups is 1. The van der Waals surface area contributed by atoms with Crippen LogP contribution in [0.25, 0.3) is 22.5 Å². The van der Waals surface area contributed by atoms with Crippen molar-refractivity contribution in [2.24, 2.45) is 5.92 Å². The van der Waals surface area contributed by atoms with Crippen molar-refractivity contribution in [1.82, 2.24) is 20.2 Å². The average Bonchev–Trinajstić information content (AvgIpc) is 3.74. The van der Waals surface area contributed by atoms with Gasteiger partial charge in [0, 0.05) is 17.7 Å². The van der Waals surface area contributed by atoms with Crippen LogP contribution < -0.4 is 9.64 Å². The van der Waals surface area contributed by atoms with Gasteiger partial charge in [-0.2, -0.15) is 0 Å². The molecule has 0 spiro atoms. The predicted octanol–water partition coefficient (Wildman–Crippen LogP) is 5.73. The van der Waals surface area contributed by atoms with E-state index in [4.69, 9.17) is 4.74 Å². The molecule has 0 saturated heterocycles. The number of aromatic nitrogens is 4. The number of pyridine rings is 1. The van der Waals surface area contributed by atoms with Crippen molar-refractivity contribution < 1.29 is 18.6 Å². The molecular weight excluding hydrogens is 464 g/mol. The quantitative estimate of drug-likeness (QED) is 0.419. The highest BCUT2D eigenvalue weighted by molar-refractivity contribution is 5.73. The summed E-state index contributed by atoms with van der Waals surface area (Å²) in [6.45, 7) is 2.18. The largest absolute Gasteiger partial charge is 0.507 e. The van der Waals surface area contributed by atoms with Crippen molar-refractivity contribution in [2.45, 2.75) is 70.1 Å². The fourth-order valence-electron chi connectivity index (χ4n) is 5.19. The molecular formula is C27H31F2N5O2. The smallest absolute Gasteiger partial charge is 0.213 e. The first-order valence-electron chi connectivity index (χ1n) is 12.6. The molecule has 2 aromatic heterocycles. The van der Waals surface area contributed by atoms with Gasteiger partial charge in [0.2, 0.25) is 5.88 Å². The molecule has 9 heteroatoms. The number of ether oxygens (including phenoxy) is 1. The van der Waals surface area contributed by atoms with Gasteiger partial charge < -0.3 is 14.7 Å². The summed E-state index contributed by atoms with van der Waals surface area (Å²) in [4.78, 5) is 10.4. The van der Waals surface area contributed by atoms with E-state index in [1.54, 1.807) is 18.3 Å². The van der Waals surface area contributed by atoms with Gasteiger partial charge in [-0.1, -0.05) is 32.3 Å². The maximum Gasteiger partial charge on any atom is 0.213 e. The van der Waals surface area contributed by atoms with E-state index in [1.807, 2.05) is 0 Å². The lowest BCUT2D eigenvalue weighted by Gasteiger charge is -2.35. The minimum absolute atomic E-state index is 0.102. The van der Waals surface area contributed by atoms with Gasteiger partial charge in [0.15, 0.2) is 11.6 Å². The number of hydrogen-bond donors (Lipinski definition) is 1. The highest BCUT2D eigenvalue weighted by Crippen LogP contribution is 2.39. The third kappa shape index (κ3) is 4.96. The van der Waals surface area contributed by atoms with Gasteiger partial charge in [-0.15, -0.1) is 10.2 Å². The molecule has 2 saturated carbocycles. The summed E-state index contributed by atoms with van der Waals surface area (Å²) >= 11 is 0. The van der Waals surface area contributed by atoms with E-state index in [2.05, 4.69) is 32.0 Å². The normalized spacial score (nSPS) is 22.2. The number of nitrogens with zero attached hydrogens (tertiary/aromatic N) is 5. The number of hydrogen-bond acceptors (Lipinski definition) is 7. The molecule has 3 aromatic rings. The topological polar surface area (TPSA) is 84.3 Å². The predicted molar refractivity (Wildman–Crippen MR) is 133 cm³/mol.